The summed E-state index contributed by atoms with van der Waals surface area (Å²) in [6, 6.07) is 6.70. The maximum Gasteiger partial charge on any atom is 0.226 e. The molecule has 2 aliphatic rings. The van der Waals surface area contributed by atoms with Crippen LogP contribution in [0.5, 0.6) is 0 Å². The molecule has 186 valence electrons. The number of likely N-dealkylation sites (tertiary alicyclic amines) is 1. The summed E-state index contributed by atoms with van der Waals surface area (Å²) < 4.78 is 30.3. The SMILES string of the molecule is Cc1cc(N2C[C@H](C)O[C@H](C)C2C)ccc1CC(=O)N1CCC(CS(=O)(=O)C(C)(C)C)CC1. The fourth-order valence-electron chi connectivity index (χ4n) is 4.80. The summed E-state index contributed by atoms with van der Waals surface area (Å²) in [4.78, 5) is 17.3. The first-order valence-electron chi connectivity index (χ1n) is 12.3. The Hall–Kier alpha value is -1.60. The number of hydrogen-bond acceptors (Lipinski definition) is 5. The zero-order chi connectivity index (χ0) is 24.6. The minimum atomic E-state index is -3.13. The summed E-state index contributed by atoms with van der Waals surface area (Å²) in [6.45, 7) is 15.9. The van der Waals surface area contributed by atoms with Crippen LogP contribution in [0.4, 0.5) is 5.69 Å². The molecule has 2 heterocycles. The van der Waals surface area contributed by atoms with E-state index in [4.69, 9.17) is 4.74 Å². The van der Waals surface area contributed by atoms with Gasteiger partial charge in [-0.15, -0.1) is 0 Å². The molecule has 3 rings (SSSR count). The second-order valence-corrected chi connectivity index (χ2v) is 13.8. The third-order valence-electron chi connectivity index (χ3n) is 7.43. The number of nitrogens with zero attached hydrogens (tertiary/aromatic N) is 2. The average molecular weight is 479 g/mol. The number of anilines is 1. The summed E-state index contributed by atoms with van der Waals surface area (Å²) in [5, 5.41) is 0. The number of sulfone groups is 1. The highest BCUT2D eigenvalue weighted by Crippen LogP contribution is 2.28. The highest BCUT2D eigenvalue weighted by molar-refractivity contribution is 7.92. The molecular formula is C26H42N2O4S. The summed E-state index contributed by atoms with van der Waals surface area (Å²) in [5.74, 6) is 0.487. The fourth-order valence-corrected chi connectivity index (χ4v) is 6.26. The second kappa shape index (κ2) is 9.95. The molecule has 7 heteroatoms. The van der Waals surface area contributed by atoms with E-state index in [0.29, 0.717) is 25.6 Å². The number of amides is 1. The van der Waals surface area contributed by atoms with Gasteiger partial charge in [0.15, 0.2) is 9.84 Å². The van der Waals surface area contributed by atoms with Gasteiger partial charge in [-0.2, -0.15) is 0 Å². The van der Waals surface area contributed by atoms with E-state index < -0.39 is 14.6 Å². The molecule has 2 saturated heterocycles. The monoisotopic (exact) mass is 478 g/mol. The Morgan fingerprint density at radius 2 is 1.76 bits per heavy atom. The van der Waals surface area contributed by atoms with Gasteiger partial charge in [0.05, 0.1) is 35.2 Å². The number of morpholine rings is 1. The molecule has 0 N–H and O–H groups in total. The van der Waals surface area contributed by atoms with E-state index in [2.05, 4.69) is 50.8 Å². The summed E-state index contributed by atoms with van der Waals surface area (Å²) in [6.07, 6.45) is 2.27. The van der Waals surface area contributed by atoms with Crippen LogP contribution in [0.2, 0.25) is 0 Å². The van der Waals surface area contributed by atoms with Crippen LogP contribution in [-0.2, 0) is 25.8 Å². The van der Waals surface area contributed by atoms with E-state index in [1.165, 1.54) is 5.69 Å². The number of hydrogen-bond donors (Lipinski definition) is 0. The van der Waals surface area contributed by atoms with Gasteiger partial charge in [-0.1, -0.05) is 6.07 Å². The van der Waals surface area contributed by atoms with Gasteiger partial charge >= 0.3 is 0 Å². The van der Waals surface area contributed by atoms with Crippen molar-refractivity contribution in [1.82, 2.24) is 4.90 Å². The van der Waals surface area contributed by atoms with E-state index in [1.807, 2.05) is 4.90 Å². The highest BCUT2D eigenvalue weighted by atomic mass is 32.2. The van der Waals surface area contributed by atoms with E-state index in [0.717, 1.165) is 30.5 Å². The second-order valence-electron chi connectivity index (χ2n) is 11.1. The molecule has 1 aromatic rings. The van der Waals surface area contributed by atoms with E-state index >= 15 is 0 Å². The molecule has 0 bridgehead atoms. The van der Waals surface area contributed by atoms with Gasteiger partial charge < -0.3 is 14.5 Å². The third kappa shape index (κ3) is 6.10. The van der Waals surface area contributed by atoms with Crippen molar-refractivity contribution in [2.24, 2.45) is 5.92 Å². The van der Waals surface area contributed by atoms with Crippen molar-refractivity contribution < 1.29 is 17.9 Å². The molecule has 0 aliphatic carbocycles. The molecule has 33 heavy (non-hydrogen) atoms. The van der Waals surface area contributed by atoms with Gasteiger partial charge in [0.25, 0.3) is 0 Å². The topological polar surface area (TPSA) is 66.9 Å². The fraction of sp³-hybridized carbons (Fsp3) is 0.731. The number of carbonyl (C=O) groups is 1. The predicted octanol–water partition coefficient (Wildman–Crippen LogP) is 3.99. The maximum atomic E-state index is 13.0. The summed E-state index contributed by atoms with van der Waals surface area (Å²) in [7, 11) is -3.13. The first kappa shape index (κ1) is 26.0. The van der Waals surface area contributed by atoms with Gasteiger partial charge in [-0.3, -0.25) is 4.79 Å². The molecule has 2 aliphatic heterocycles. The molecule has 0 aromatic heterocycles. The van der Waals surface area contributed by atoms with Crippen molar-refractivity contribution >= 4 is 21.4 Å². The van der Waals surface area contributed by atoms with Crippen molar-refractivity contribution in [1.29, 1.82) is 0 Å². The van der Waals surface area contributed by atoms with Crippen molar-refractivity contribution in [2.45, 2.75) is 90.7 Å². The summed E-state index contributed by atoms with van der Waals surface area (Å²) >= 11 is 0. The predicted molar refractivity (Wildman–Crippen MR) is 135 cm³/mol. The molecule has 1 amide bonds. The number of benzene rings is 1. The Morgan fingerprint density at radius 1 is 1.12 bits per heavy atom. The lowest BCUT2D eigenvalue weighted by Crippen LogP contribution is -2.52. The zero-order valence-corrected chi connectivity index (χ0v) is 22.2. The average Bonchev–Trinajstić information content (AvgIpc) is 2.71. The van der Waals surface area contributed by atoms with Crippen LogP contribution in [0.1, 0.15) is 65.5 Å². The van der Waals surface area contributed by atoms with Crippen molar-refractivity contribution in [3.05, 3.63) is 29.3 Å². The third-order valence-corrected chi connectivity index (χ3v) is 10.2. The van der Waals surface area contributed by atoms with E-state index in [-0.39, 0.29) is 29.8 Å². The quantitative estimate of drug-likeness (QED) is 0.640. The van der Waals surface area contributed by atoms with Crippen molar-refractivity contribution in [2.75, 3.05) is 30.3 Å². The van der Waals surface area contributed by atoms with Crippen LogP contribution in [-0.4, -0.2) is 67.6 Å². The zero-order valence-electron chi connectivity index (χ0n) is 21.4. The Labute approximate surface area is 200 Å². The van der Waals surface area contributed by atoms with Gasteiger partial charge in [-0.05, 0) is 90.5 Å². The molecule has 2 fully saturated rings. The van der Waals surface area contributed by atoms with Crippen LogP contribution >= 0.6 is 0 Å². The lowest BCUT2D eigenvalue weighted by atomic mass is 9.97. The van der Waals surface area contributed by atoms with E-state index in [1.54, 1.807) is 20.8 Å². The lowest BCUT2D eigenvalue weighted by molar-refractivity contribution is -0.131. The number of piperidine rings is 1. The smallest absolute Gasteiger partial charge is 0.226 e. The first-order chi connectivity index (χ1) is 15.3. The Kier molecular flexibility index (Phi) is 7.84. The standard InChI is InChI=1S/C26H42N2O4S/c1-18-14-24(28-16-19(2)32-21(4)20(28)3)9-8-23(18)15-25(29)27-12-10-22(11-13-27)17-33(30,31)26(5,6)7/h8-9,14,19-22H,10-13,15-17H2,1-7H3/t19-,20?,21+/m0/s1. The van der Waals surface area contributed by atoms with Crippen molar-refractivity contribution in [3.63, 3.8) is 0 Å². The minimum Gasteiger partial charge on any atom is -0.372 e. The number of rotatable bonds is 5. The molecule has 1 unspecified atom stereocenters. The first-order valence-corrected chi connectivity index (χ1v) is 14.0. The van der Waals surface area contributed by atoms with Crippen LogP contribution in [0, 0.1) is 12.8 Å². The normalized spacial score (nSPS) is 25.4. The Morgan fingerprint density at radius 3 is 2.33 bits per heavy atom. The van der Waals surface area contributed by atoms with Crippen molar-refractivity contribution in [3.8, 4) is 0 Å². The van der Waals surface area contributed by atoms with E-state index in [9.17, 15) is 13.2 Å². The molecule has 6 nitrogen and oxygen atoms in total. The number of ether oxygens (including phenoxy) is 1. The number of aryl methyl sites for hydroxylation is 1. The van der Waals surface area contributed by atoms with Crippen LogP contribution < -0.4 is 4.90 Å². The van der Waals surface area contributed by atoms with Gasteiger partial charge in [0, 0.05) is 25.3 Å². The molecule has 0 saturated carbocycles. The number of carbonyl (C=O) groups excluding carboxylic acids is 1. The maximum absolute atomic E-state index is 13.0. The van der Waals surface area contributed by atoms with Crippen LogP contribution in [0.3, 0.4) is 0 Å². The molecule has 0 radical (unpaired) electrons. The van der Waals surface area contributed by atoms with Gasteiger partial charge in [-0.25, -0.2) is 8.42 Å². The Bertz CT molecular complexity index is 946. The molecule has 3 atom stereocenters. The molecule has 0 spiro atoms. The van der Waals surface area contributed by atoms with Crippen LogP contribution in [0.15, 0.2) is 18.2 Å². The largest absolute Gasteiger partial charge is 0.372 e. The van der Waals surface area contributed by atoms with Gasteiger partial charge in [0.1, 0.15) is 0 Å². The Balaban J connectivity index is 1.58. The van der Waals surface area contributed by atoms with Crippen LogP contribution in [0.25, 0.3) is 0 Å². The minimum absolute atomic E-state index is 0.130. The highest BCUT2D eigenvalue weighted by Gasteiger charge is 2.34. The van der Waals surface area contributed by atoms with Gasteiger partial charge in [0.2, 0.25) is 5.91 Å². The summed E-state index contributed by atoms with van der Waals surface area (Å²) in [5.41, 5.74) is 3.37. The lowest BCUT2D eigenvalue weighted by Gasteiger charge is -2.42. The molecule has 1 aromatic carbocycles. The molecular weight excluding hydrogens is 436 g/mol.